The maximum Gasteiger partial charge on any atom is 0.222 e. The topological polar surface area (TPSA) is 23.6 Å². The predicted octanol–water partition coefficient (Wildman–Crippen LogP) is 3.47. The third kappa shape index (κ3) is 4.48. The smallest absolute Gasteiger partial charge is 0.222 e. The van der Waals surface area contributed by atoms with Crippen molar-refractivity contribution in [1.82, 2.24) is 4.90 Å². The number of benzene rings is 1. The molecule has 1 aliphatic heterocycles. The summed E-state index contributed by atoms with van der Waals surface area (Å²) in [6, 6.07) is 8.52. The van der Waals surface area contributed by atoms with Crippen LogP contribution in [0.5, 0.6) is 0 Å². The number of aryl methyl sites for hydroxylation is 1. The maximum absolute atomic E-state index is 12.3. The largest absolute Gasteiger partial charge is 0.369 e. The van der Waals surface area contributed by atoms with Gasteiger partial charge in [0.15, 0.2) is 0 Å². The monoisotopic (exact) mass is 288 g/mol. The standard InChI is InChI=1S/C18H28N2O/c1-15(2)9-10-18(21)20-12-6-11-19(13-14-20)17-8-5-4-7-16(17)3/h4-5,7-8,15H,6,9-14H2,1-3H3. The van der Waals surface area contributed by atoms with Gasteiger partial charge in [-0.15, -0.1) is 0 Å². The van der Waals surface area contributed by atoms with Gasteiger partial charge in [-0.05, 0) is 37.3 Å². The van der Waals surface area contributed by atoms with Crippen LogP contribution in [0.1, 0.15) is 38.7 Å². The van der Waals surface area contributed by atoms with E-state index in [1.807, 2.05) is 0 Å². The molecule has 1 aliphatic rings. The number of amides is 1. The van der Waals surface area contributed by atoms with Crippen LogP contribution in [0, 0.1) is 12.8 Å². The molecule has 0 radical (unpaired) electrons. The first kappa shape index (κ1) is 15.9. The highest BCUT2D eigenvalue weighted by molar-refractivity contribution is 5.76. The maximum atomic E-state index is 12.3. The molecule has 0 saturated carbocycles. The number of carbonyl (C=O) groups excluding carboxylic acids is 1. The van der Waals surface area contributed by atoms with Crippen LogP contribution in [-0.2, 0) is 4.79 Å². The third-order valence-electron chi connectivity index (χ3n) is 4.24. The Hall–Kier alpha value is -1.51. The highest BCUT2D eigenvalue weighted by atomic mass is 16.2. The van der Waals surface area contributed by atoms with Crippen molar-refractivity contribution in [2.75, 3.05) is 31.1 Å². The van der Waals surface area contributed by atoms with Crippen LogP contribution in [0.4, 0.5) is 5.69 Å². The van der Waals surface area contributed by atoms with Crippen LogP contribution in [0.2, 0.25) is 0 Å². The summed E-state index contributed by atoms with van der Waals surface area (Å²) in [7, 11) is 0. The Labute approximate surface area is 128 Å². The molecule has 3 nitrogen and oxygen atoms in total. The second-order valence-corrected chi connectivity index (χ2v) is 6.44. The Morgan fingerprint density at radius 1 is 1.14 bits per heavy atom. The zero-order chi connectivity index (χ0) is 15.2. The molecule has 21 heavy (non-hydrogen) atoms. The van der Waals surface area contributed by atoms with Crippen molar-refractivity contribution in [3.8, 4) is 0 Å². The van der Waals surface area contributed by atoms with E-state index < -0.39 is 0 Å². The molecule has 116 valence electrons. The van der Waals surface area contributed by atoms with Crippen molar-refractivity contribution >= 4 is 11.6 Å². The molecule has 1 amide bonds. The lowest BCUT2D eigenvalue weighted by Crippen LogP contribution is -2.35. The van der Waals surface area contributed by atoms with Crippen LogP contribution in [0.3, 0.4) is 0 Å². The highest BCUT2D eigenvalue weighted by Gasteiger charge is 2.19. The minimum Gasteiger partial charge on any atom is -0.369 e. The molecular weight excluding hydrogens is 260 g/mol. The average Bonchev–Trinajstić information content (AvgIpc) is 2.71. The van der Waals surface area contributed by atoms with E-state index in [4.69, 9.17) is 0 Å². The molecule has 1 aromatic rings. The summed E-state index contributed by atoms with van der Waals surface area (Å²) in [5.41, 5.74) is 2.63. The summed E-state index contributed by atoms with van der Waals surface area (Å²) in [4.78, 5) is 16.8. The van der Waals surface area contributed by atoms with Gasteiger partial charge in [0, 0.05) is 38.3 Å². The van der Waals surface area contributed by atoms with Gasteiger partial charge in [0.2, 0.25) is 5.91 Å². The van der Waals surface area contributed by atoms with Crippen LogP contribution in [-0.4, -0.2) is 37.0 Å². The van der Waals surface area contributed by atoms with Crippen molar-refractivity contribution in [2.24, 2.45) is 5.92 Å². The van der Waals surface area contributed by atoms with Crippen molar-refractivity contribution in [2.45, 2.75) is 40.0 Å². The number of hydrogen-bond acceptors (Lipinski definition) is 2. The Morgan fingerprint density at radius 3 is 2.62 bits per heavy atom. The summed E-state index contributed by atoms with van der Waals surface area (Å²) >= 11 is 0. The van der Waals surface area contributed by atoms with E-state index in [1.165, 1.54) is 11.3 Å². The fraction of sp³-hybridized carbons (Fsp3) is 0.611. The molecule has 0 aromatic heterocycles. The van der Waals surface area contributed by atoms with Gasteiger partial charge >= 0.3 is 0 Å². The van der Waals surface area contributed by atoms with Gasteiger partial charge in [-0.25, -0.2) is 0 Å². The Kier molecular flexibility index (Phi) is 5.66. The zero-order valence-corrected chi connectivity index (χ0v) is 13.6. The number of nitrogens with zero attached hydrogens (tertiary/aromatic N) is 2. The zero-order valence-electron chi connectivity index (χ0n) is 13.6. The SMILES string of the molecule is Cc1ccccc1N1CCCN(C(=O)CCC(C)C)CC1. The van der Waals surface area contributed by atoms with Gasteiger partial charge in [0.25, 0.3) is 0 Å². The lowest BCUT2D eigenvalue weighted by Gasteiger charge is -2.25. The normalized spacial score (nSPS) is 16.2. The van der Waals surface area contributed by atoms with E-state index in [-0.39, 0.29) is 0 Å². The molecule has 0 spiro atoms. The lowest BCUT2D eigenvalue weighted by atomic mass is 10.1. The van der Waals surface area contributed by atoms with Gasteiger partial charge in [0.1, 0.15) is 0 Å². The summed E-state index contributed by atoms with van der Waals surface area (Å²) in [6.07, 6.45) is 2.75. The predicted molar refractivity (Wildman–Crippen MR) is 88.7 cm³/mol. The van der Waals surface area contributed by atoms with Crippen LogP contribution < -0.4 is 4.90 Å². The first-order valence-corrected chi connectivity index (χ1v) is 8.16. The van der Waals surface area contributed by atoms with E-state index in [1.54, 1.807) is 0 Å². The van der Waals surface area contributed by atoms with Crippen molar-refractivity contribution in [3.05, 3.63) is 29.8 Å². The molecule has 0 bridgehead atoms. The van der Waals surface area contributed by atoms with Crippen molar-refractivity contribution in [1.29, 1.82) is 0 Å². The summed E-state index contributed by atoms with van der Waals surface area (Å²) in [6.45, 7) is 10.2. The van der Waals surface area contributed by atoms with Gasteiger partial charge < -0.3 is 9.80 Å². The third-order valence-corrected chi connectivity index (χ3v) is 4.24. The fourth-order valence-electron chi connectivity index (χ4n) is 2.90. The fourth-order valence-corrected chi connectivity index (χ4v) is 2.90. The molecule has 0 unspecified atom stereocenters. The van der Waals surface area contributed by atoms with Gasteiger partial charge in [-0.1, -0.05) is 32.0 Å². The molecule has 1 heterocycles. The summed E-state index contributed by atoms with van der Waals surface area (Å²) < 4.78 is 0. The second-order valence-electron chi connectivity index (χ2n) is 6.44. The van der Waals surface area contributed by atoms with Gasteiger partial charge in [-0.3, -0.25) is 4.79 Å². The Balaban J connectivity index is 1.93. The van der Waals surface area contributed by atoms with Crippen molar-refractivity contribution in [3.63, 3.8) is 0 Å². The van der Waals surface area contributed by atoms with Crippen LogP contribution >= 0.6 is 0 Å². The Morgan fingerprint density at radius 2 is 1.90 bits per heavy atom. The molecule has 1 fully saturated rings. The molecule has 0 atom stereocenters. The molecular formula is C18H28N2O. The molecule has 0 aliphatic carbocycles. The lowest BCUT2D eigenvalue weighted by molar-refractivity contribution is -0.131. The molecule has 1 saturated heterocycles. The number of carbonyl (C=O) groups is 1. The van der Waals surface area contributed by atoms with Gasteiger partial charge in [0.05, 0.1) is 0 Å². The van der Waals surface area contributed by atoms with Crippen LogP contribution in [0.25, 0.3) is 0 Å². The molecule has 3 heteroatoms. The van der Waals surface area contributed by atoms with E-state index in [9.17, 15) is 4.79 Å². The highest BCUT2D eigenvalue weighted by Crippen LogP contribution is 2.21. The molecule has 1 aromatic carbocycles. The average molecular weight is 288 g/mol. The first-order chi connectivity index (χ1) is 10.1. The second kappa shape index (κ2) is 7.48. The number of rotatable bonds is 4. The quantitative estimate of drug-likeness (QED) is 0.847. The summed E-state index contributed by atoms with van der Waals surface area (Å²) in [5.74, 6) is 0.930. The van der Waals surface area contributed by atoms with Gasteiger partial charge in [-0.2, -0.15) is 0 Å². The number of para-hydroxylation sites is 1. The van der Waals surface area contributed by atoms with Crippen LogP contribution in [0.15, 0.2) is 24.3 Å². The van der Waals surface area contributed by atoms with E-state index in [0.29, 0.717) is 18.2 Å². The number of hydrogen-bond donors (Lipinski definition) is 0. The first-order valence-electron chi connectivity index (χ1n) is 8.16. The van der Waals surface area contributed by atoms with E-state index in [2.05, 4.69) is 54.8 Å². The minimum atomic E-state index is 0.329. The molecule has 2 rings (SSSR count). The minimum absolute atomic E-state index is 0.329. The van der Waals surface area contributed by atoms with Crippen molar-refractivity contribution < 1.29 is 4.79 Å². The summed E-state index contributed by atoms with van der Waals surface area (Å²) in [5, 5.41) is 0. The number of anilines is 1. The molecule has 0 N–H and O–H groups in total. The van der Waals surface area contributed by atoms with E-state index >= 15 is 0 Å². The Bertz CT molecular complexity index is 470. The van der Waals surface area contributed by atoms with E-state index in [0.717, 1.165) is 39.0 Å².